The van der Waals surface area contributed by atoms with Crippen LogP contribution in [0.5, 0.6) is 5.75 Å². The van der Waals surface area contributed by atoms with E-state index in [1.807, 2.05) is 26.0 Å². The topological polar surface area (TPSA) is 34.1 Å². The Morgan fingerprint density at radius 1 is 1.00 bits per heavy atom. The van der Waals surface area contributed by atoms with Gasteiger partial charge in [0.2, 0.25) is 0 Å². The summed E-state index contributed by atoms with van der Waals surface area (Å²) in [5.74, 6) is 0.873. The number of nitrogens with one attached hydrogen (secondary N) is 1. The van der Waals surface area contributed by atoms with Gasteiger partial charge in [-0.25, -0.2) is 0 Å². The lowest BCUT2D eigenvalue weighted by Gasteiger charge is -2.14. The van der Waals surface area contributed by atoms with Crippen LogP contribution in [0.3, 0.4) is 0 Å². The Bertz CT molecular complexity index is 827. The maximum atomic E-state index is 5.64. The second kappa shape index (κ2) is 6.69. The van der Waals surface area contributed by atoms with Crippen molar-refractivity contribution in [1.82, 2.24) is 4.98 Å². The van der Waals surface area contributed by atoms with E-state index in [0.717, 1.165) is 40.1 Å². The standard InChI is InChI=1S/C20H22N2O/c1-4-15-8-6-7-9-18(15)22-20-12-14(3)21-19-11-10-16(23-5-2)13-17(19)20/h6-13H,4-5H2,1-3H3,(H,21,22). The van der Waals surface area contributed by atoms with Crippen LogP contribution in [0.15, 0.2) is 48.5 Å². The summed E-state index contributed by atoms with van der Waals surface area (Å²) in [4.78, 5) is 4.63. The van der Waals surface area contributed by atoms with Crippen LogP contribution in [-0.4, -0.2) is 11.6 Å². The molecule has 0 spiro atoms. The number of pyridine rings is 1. The van der Waals surface area contributed by atoms with Gasteiger partial charge >= 0.3 is 0 Å². The van der Waals surface area contributed by atoms with Gasteiger partial charge in [-0.15, -0.1) is 0 Å². The molecule has 1 heterocycles. The van der Waals surface area contributed by atoms with Crippen LogP contribution >= 0.6 is 0 Å². The van der Waals surface area contributed by atoms with Crippen molar-refractivity contribution in [2.24, 2.45) is 0 Å². The average molecular weight is 306 g/mol. The predicted molar refractivity (Wildman–Crippen MR) is 96.8 cm³/mol. The van der Waals surface area contributed by atoms with Crippen molar-refractivity contribution in [2.75, 3.05) is 11.9 Å². The fraction of sp³-hybridized carbons (Fsp3) is 0.250. The molecule has 3 nitrogen and oxygen atoms in total. The van der Waals surface area contributed by atoms with Crippen molar-refractivity contribution in [3.05, 3.63) is 59.8 Å². The van der Waals surface area contributed by atoms with E-state index in [9.17, 15) is 0 Å². The van der Waals surface area contributed by atoms with Crippen molar-refractivity contribution in [3.63, 3.8) is 0 Å². The van der Waals surface area contributed by atoms with Crippen LogP contribution < -0.4 is 10.1 Å². The minimum Gasteiger partial charge on any atom is -0.494 e. The maximum absolute atomic E-state index is 5.64. The summed E-state index contributed by atoms with van der Waals surface area (Å²) in [6.07, 6.45) is 0.995. The number of anilines is 2. The van der Waals surface area contributed by atoms with Gasteiger partial charge in [-0.05, 0) is 56.2 Å². The van der Waals surface area contributed by atoms with Crippen LogP contribution in [0.25, 0.3) is 10.9 Å². The molecule has 0 saturated heterocycles. The highest BCUT2D eigenvalue weighted by Crippen LogP contribution is 2.30. The van der Waals surface area contributed by atoms with Crippen molar-refractivity contribution < 1.29 is 4.74 Å². The summed E-state index contributed by atoms with van der Waals surface area (Å²) in [5.41, 5.74) is 5.48. The Hall–Kier alpha value is -2.55. The monoisotopic (exact) mass is 306 g/mol. The van der Waals surface area contributed by atoms with Gasteiger partial charge < -0.3 is 10.1 Å². The molecule has 0 saturated carbocycles. The first-order valence-corrected chi connectivity index (χ1v) is 8.10. The molecule has 0 unspecified atom stereocenters. The molecule has 118 valence electrons. The maximum Gasteiger partial charge on any atom is 0.120 e. The van der Waals surface area contributed by atoms with Crippen molar-refractivity contribution in [1.29, 1.82) is 0 Å². The molecule has 0 atom stereocenters. The molecule has 0 fully saturated rings. The second-order valence-electron chi connectivity index (χ2n) is 5.56. The van der Waals surface area contributed by atoms with Gasteiger partial charge in [0.05, 0.1) is 12.1 Å². The number of rotatable bonds is 5. The fourth-order valence-corrected chi connectivity index (χ4v) is 2.79. The highest BCUT2D eigenvalue weighted by atomic mass is 16.5. The molecule has 1 aromatic heterocycles. The molecule has 3 heteroatoms. The number of ether oxygens (including phenoxy) is 1. The molecule has 3 aromatic rings. The van der Waals surface area contributed by atoms with Crippen molar-refractivity contribution in [3.8, 4) is 5.75 Å². The van der Waals surface area contributed by atoms with E-state index in [1.54, 1.807) is 0 Å². The zero-order valence-corrected chi connectivity index (χ0v) is 13.9. The Morgan fingerprint density at radius 3 is 2.61 bits per heavy atom. The zero-order valence-electron chi connectivity index (χ0n) is 13.9. The summed E-state index contributed by atoms with van der Waals surface area (Å²) >= 11 is 0. The van der Waals surface area contributed by atoms with E-state index < -0.39 is 0 Å². The number of benzene rings is 2. The van der Waals surface area contributed by atoms with Gasteiger partial charge in [0.1, 0.15) is 5.75 Å². The number of aryl methyl sites for hydroxylation is 2. The summed E-state index contributed by atoms with van der Waals surface area (Å²) in [5, 5.41) is 4.66. The van der Waals surface area contributed by atoms with Gasteiger partial charge in [-0.1, -0.05) is 25.1 Å². The summed E-state index contributed by atoms with van der Waals surface area (Å²) in [6.45, 7) is 6.84. The highest BCUT2D eigenvalue weighted by Gasteiger charge is 2.08. The molecule has 0 aliphatic heterocycles. The third kappa shape index (κ3) is 3.29. The molecule has 0 aliphatic rings. The summed E-state index contributed by atoms with van der Waals surface area (Å²) < 4.78 is 5.64. The molecule has 3 rings (SSSR count). The largest absolute Gasteiger partial charge is 0.494 e. The van der Waals surface area contributed by atoms with Gasteiger partial charge in [-0.2, -0.15) is 0 Å². The number of para-hydroxylation sites is 1. The number of hydrogen-bond acceptors (Lipinski definition) is 3. The third-order valence-electron chi connectivity index (χ3n) is 3.89. The number of nitrogens with zero attached hydrogens (tertiary/aromatic N) is 1. The van der Waals surface area contributed by atoms with Gasteiger partial charge in [0, 0.05) is 22.5 Å². The van der Waals surface area contributed by atoms with E-state index in [2.05, 4.69) is 53.6 Å². The lowest BCUT2D eigenvalue weighted by molar-refractivity contribution is 0.340. The van der Waals surface area contributed by atoms with Crippen molar-refractivity contribution in [2.45, 2.75) is 27.2 Å². The number of aromatic nitrogens is 1. The molecule has 2 aromatic carbocycles. The van der Waals surface area contributed by atoms with E-state index in [1.165, 1.54) is 5.56 Å². The molecule has 0 bridgehead atoms. The number of hydrogen-bond donors (Lipinski definition) is 1. The van der Waals surface area contributed by atoms with E-state index in [0.29, 0.717) is 6.61 Å². The smallest absolute Gasteiger partial charge is 0.120 e. The molecular formula is C20H22N2O. The first-order valence-electron chi connectivity index (χ1n) is 8.10. The lowest BCUT2D eigenvalue weighted by Crippen LogP contribution is -1.98. The number of fused-ring (bicyclic) bond motifs is 1. The van der Waals surface area contributed by atoms with E-state index >= 15 is 0 Å². The first kappa shape index (κ1) is 15.3. The minimum atomic E-state index is 0.659. The summed E-state index contributed by atoms with van der Waals surface area (Å²) in [6, 6.07) is 16.5. The molecular weight excluding hydrogens is 284 g/mol. The van der Waals surface area contributed by atoms with Gasteiger partial charge in [0.25, 0.3) is 0 Å². The Balaban J connectivity index is 2.09. The minimum absolute atomic E-state index is 0.659. The van der Waals surface area contributed by atoms with Gasteiger partial charge in [-0.3, -0.25) is 4.98 Å². The molecule has 0 radical (unpaired) electrons. The Kier molecular flexibility index (Phi) is 4.47. The SMILES string of the molecule is CCOc1ccc2nc(C)cc(Nc3ccccc3CC)c2c1. The highest BCUT2D eigenvalue weighted by molar-refractivity contribution is 5.94. The van der Waals surface area contributed by atoms with E-state index in [-0.39, 0.29) is 0 Å². The molecule has 0 aliphatic carbocycles. The van der Waals surface area contributed by atoms with Crippen molar-refractivity contribution >= 4 is 22.3 Å². The van der Waals surface area contributed by atoms with Gasteiger partial charge in [0.15, 0.2) is 0 Å². The lowest BCUT2D eigenvalue weighted by atomic mass is 10.1. The van der Waals surface area contributed by atoms with Crippen LogP contribution in [0.1, 0.15) is 25.1 Å². The van der Waals surface area contributed by atoms with Crippen LogP contribution in [-0.2, 0) is 6.42 Å². The zero-order chi connectivity index (χ0) is 16.2. The molecule has 0 amide bonds. The third-order valence-corrected chi connectivity index (χ3v) is 3.89. The van der Waals surface area contributed by atoms with E-state index in [4.69, 9.17) is 4.74 Å². The Labute approximate surface area is 137 Å². The van der Waals surface area contributed by atoms with Crippen LogP contribution in [0, 0.1) is 6.92 Å². The Morgan fingerprint density at radius 2 is 1.83 bits per heavy atom. The predicted octanol–water partition coefficient (Wildman–Crippen LogP) is 5.25. The fourth-order valence-electron chi connectivity index (χ4n) is 2.79. The van der Waals surface area contributed by atoms with Crippen LogP contribution in [0.4, 0.5) is 11.4 Å². The second-order valence-corrected chi connectivity index (χ2v) is 5.56. The average Bonchev–Trinajstić information content (AvgIpc) is 2.56. The normalized spacial score (nSPS) is 10.7. The quantitative estimate of drug-likeness (QED) is 0.699. The summed E-state index contributed by atoms with van der Waals surface area (Å²) in [7, 11) is 0. The molecule has 23 heavy (non-hydrogen) atoms. The first-order chi connectivity index (χ1) is 11.2. The molecule has 1 N–H and O–H groups in total. The van der Waals surface area contributed by atoms with Crippen LogP contribution in [0.2, 0.25) is 0 Å².